The maximum Gasteiger partial charge on any atom is 0.277 e. The molecular weight excluding hydrogens is 416 g/mol. The number of rotatable bonds is 7. The van der Waals surface area contributed by atoms with Gasteiger partial charge in [0.2, 0.25) is 5.91 Å². The molecule has 2 heterocycles. The Morgan fingerprint density at radius 2 is 1.91 bits per heavy atom. The number of hydrogen-bond acceptors (Lipinski definition) is 4. The van der Waals surface area contributed by atoms with Gasteiger partial charge in [-0.05, 0) is 49.6 Å². The standard InChI is InChI=1S/C26H28N4O3/c1-5-18-8-6-10-20(14-18)27-24(31)13-12-22-17(2)29(3)25-16-23(28-30(25)26(22)32)19-9-7-11-21(15-19)33-4/h6-11,14-16H,5,12-13H2,1-4H3,(H,27,31). The van der Waals surface area contributed by atoms with Gasteiger partial charge in [-0.25, -0.2) is 0 Å². The molecular formula is C26H28N4O3. The van der Waals surface area contributed by atoms with Gasteiger partial charge < -0.3 is 14.6 Å². The number of amides is 1. The molecule has 7 heteroatoms. The summed E-state index contributed by atoms with van der Waals surface area (Å²) in [6.45, 7) is 3.97. The molecule has 0 saturated carbocycles. The molecule has 7 nitrogen and oxygen atoms in total. The van der Waals surface area contributed by atoms with Crippen LogP contribution in [0.1, 0.15) is 30.2 Å². The molecule has 0 saturated heterocycles. The minimum atomic E-state index is -0.199. The van der Waals surface area contributed by atoms with Crippen LogP contribution in [0.2, 0.25) is 0 Å². The minimum absolute atomic E-state index is 0.123. The van der Waals surface area contributed by atoms with Crippen molar-refractivity contribution in [3.8, 4) is 17.0 Å². The molecule has 0 atom stereocenters. The summed E-state index contributed by atoms with van der Waals surface area (Å²) in [5.41, 5.74) is 5.39. The minimum Gasteiger partial charge on any atom is -0.497 e. The van der Waals surface area contributed by atoms with Gasteiger partial charge >= 0.3 is 0 Å². The van der Waals surface area contributed by atoms with Crippen LogP contribution >= 0.6 is 0 Å². The van der Waals surface area contributed by atoms with E-state index in [1.165, 1.54) is 4.52 Å². The van der Waals surface area contributed by atoms with Crippen molar-refractivity contribution >= 4 is 17.2 Å². The highest BCUT2D eigenvalue weighted by atomic mass is 16.5. The van der Waals surface area contributed by atoms with Crippen molar-refractivity contribution < 1.29 is 9.53 Å². The first-order valence-electron chi connectivity index (χ1n) is 11.0. The lowest BCUT2D eigenvalue weighted by Gasteiger charge is -2.12. The summed E-state index contributed by atoms with van der Waals surface area (Å²) in [5, 5.41) is 7.49. The van der Waals surface area contributed by atoms with E-state index < -0.39 is 0 Å². The van der Waals surface area contributed by atoms with Gasteiger partial charge in [0.15, 0.2) is 0 Å². The van der Waals surface area contributed by atoms with E-state index in [0.717, 1.165) is 34.7 Å². The van der Waals surface area contributed by atoms with Crippen LogP contribution in [0.3, 0.4) is 0 Å². The van der Waals surface area contributed by atoms with Gasteiger partial charge in [0.25, 0.3) is 5.56 Å². The van der Waals surface area contributed by atoms with Gasteiger partial charge in [0, 0.05) is 42.0 Å². The monoisotopic (exact) mass is 444 g/mol. The summed E-state index contributed by atoms with van der Waals surface area (Å²) in [7, 11) is 3.52. The highest BCUT2D eigenvalue weighted by Gasteiger charge is 2.17. The van der Waals surface area contributed by atoms with E-state index in [2.05, 4.69) is 17.3 Å². The van der Waals surface area contributed by atoms with Gasteiger partial charge in [0.1, 0.15) is 11.4 Å². The Bertz CT molecular complexity index is 1380. The number of benzene rings is 2. The summed E-state index contributed by atoms with van der Waals surface area (Å²) in [4.78, 5) is 25.8. The molecule has 0 unspecified atom stereocenters. The van der Waals surface area contributed by atoms with Crippen LogP contribution < -0.4 is 15.6 Å². The SMILES string of the molecule is CCc1cccc(NC(=O)CCc2c(C)n(C)c3cc(-c4cccc(OC)c4)nn3c2=O)c1. The molecule has 4 rings (SSSR count). The molecule has 0 radical (unpaired) electrons. The van der Waals surface area contributed by atoms with Crippen LogP contribution in [0.4, 0.5) is 5.69 Å². The van der Waals surface area contributed by atoms with Crippen LogP contribution in [0.5, 0.6) is 5.75 Å². The number of nitrogens with zero attached hydrogens (tertiary/aromatic N) is 3. The third-order valence-corrected chi connectivity index (χ3v) is 6.01. The Kier molecular flexibility index (Phi) is 6.31. The molecule has 1 N–H and O–H groups in total. The Hall–Kier alpha value is -3.87. The third kappa shape index (κ3) is 4.53. The lowest BCUT2D eigenvalue weighted by Crippen LogP contribution is -2.26. The van der Waals surface area contributed by atoms with Crippen molar-refractivity contribution in [1.29, 1.82) is 0 Å². The first-order chi connectivity index (χ1) is 15.9. The molecule has 0 spiro atoms. The van der Waals surface area contributed by atoms with Crippen LogP contribution in [0, 0.1) is 6.92 Å². The molecule has 0 aliphatic heterocycles. The number of hydrogen-bond donors (Lipinski definition) is 1. The molecule has 170 valence electrons. The van der Waals surface area contributed by atoms with Gasteiger partial charge in [-0.3, -0.25) is 9.59 Å². The zero-order valence-electron chi connectivity index (χ0n) is 19.4. The zero-order chi connectivity index (χ0) is 23.5. The highest BCUT2D eigenvalue weighted by molar-refractivity contribution is 5.90. The number of aromatic nitrogens is 3. The van der Waals surface area contributed by atoms with E-state index in [0.29, 0.717) is 23.3 Å². The van der Waals surface area contributed by atoms with Crippen molar-refractivity contribution in [1.82, 2.24) is 14.2 Å². The summed E-state index contributed by atoms with van der Waals surface area (Å²) < 4.78 is 8.66. The topological polar surface area (TPSA) is 77.6 Å². The second-order valence-corrected chi connectivity index (χ2v) is 8.06. The third-order valence-electron chi connectivity index (χ3n) is 6.01. The fraction of sp³-hybridized carbons (Fsp3) is 0.269. The van der Waals surface area contributed by atoms with Crippen molar-refractivity contribution in [3.63, 3.8) is 0 Å². The van der Waals surface area contributed by atoms with Crippen LogP contribution in [-0.2, 0) is 24.7 Å². The lowest BCUT2D eigenvalue weighted by atomic mass is 10.1. The quantitative estimate of drug-likeness (QED) is 0.465. The van der Waals surface area contributed by atoms with Crippen molar-refractivity contribution in [2.45, 2.75) is 33.1 Å². The maximum atomic E-state index is 13.3. The molecule has 0 fully saturated rings. The van der Waals surface area contributed by atoms with Crippen molar-refractivity contribution in [2.24, 2.45) is 7.05 Å². The van der Waals surface area contributed by atoms with Gasteiger partial charge in [-0.15, -0.1) is 0 Å². The molecule has 33 heavy (non-hydrogen) atoms. The number of carbonyl (C=O) groups is 1. The molecule has 2 aromatic heterocycles. The second-order valence-electron chi connectivity index (χ2n) is 8.06. The van der Waals surface area contributed by atoms with E-state index in [1.54, 1.807) is 7.11 Å². The maximum absolute atomic E-state index is 13.3. The Labute approximate surface area is 192 Å². The molecule has 0 aliphatic rings. The normalized spacial score (nSPS) is 11.0. The summed E-state index contributed by atoms with van der Waals surface area (Å²) in [6, 6.07) is 17.3. The Balaban J connectivity index is 1.60. The first kappa shape index (κ1) is 22.3. The Morgan fingerprint density at radius 3 is 2.67 bits per heavy atom. The van der Waals surface area contributed by atoms with E-state index in [1.807, 2.05) is 73.1 Å². The predicted molar refractivity (Wildman–Crippen MR) is 130 cm³/mol. The van der Waals surface area contributed by atoms with Gasteiger partial charge in [-0.1, -0.05) is 31.2 Å². The highest BCUT2D eigenvalue weighted by Crippen LogP contribution is 2.24. The molecule has 2 aromatic carbocycles. The van der Waals surface area contributed by atoms with Crippen molar-refractivity contribution in [2.75, 3.05) is 12.4 Å². The number of anilines is 1. The van der Waals surface area contributed by atoms with Crippen LogP contribution in [0.25, 0.3) is 16.9 Å². The summed E-state index contributed by atoms with van der Waals surface area (Å²) >= 11 is 0. The zero-order valence-corrected chi connectivity index (χ0v) is 19.4. The fourth-order valence-corrected chi connectivity index (χ4v) is 3.96. The molecule has 1 amide bonds. The van der Waals surface area contributed by atoms with Crippen LogP contribution in [-0.4, -0.2) is 27.2 Å². The number of nitrogens with one attached hydrogen (secondary N) is 1. The smallest absolute Gasteiger partial charge is 0.277 e. The number of methoxy groups -OCH3 is 1. The molecule has 0 aliphatic carbocycles. The van der Waals surface area contributed by atoms with Crippen molar-refractivity contribution in [3.05, 3.63) is 81.8 Å². The van der Waals surface area contributed by atoms with Gasteiger partial charge in [0.05, 0.1) is 12.8 Å². The molecule has 4 aromatic rings. The molecule has 0 bridgehead atoms. The van der Waals surface area contributed by atoms with E-state index in [9.17, 15) is 9.59 Å². The average Bonchev–Trinajstić information content (AvgIpc) is 3.29. The largest absolute Gasteiger partial charge is 0.497 e. The predicted octanol–water partition coefficient (Wildman–Crippen LogP) is 4.15. The van der Waals surface area contributed by atoms with E-state index >= 15 is 0 Å². The fourth-order valence-electron chi connectivity index (χ4n) is 3.96. The Morgan fingerprint density at radius 1 is 1.12 bits per heavy atom. The summed E-state index contributed by atoms with van der Waals surface area (Å²) in [5.74, 6) is 0.603. The average molecular weight is 445 g/mol. The van der Waals surface area contributed by atoms with E-state index in [-0.39, 0.29) is 17.9 Å². The van der Waals surface area contributed by atoms with Gasteiger partial charge in [-0.2, -0.15) is 9.61 Å². The number of ether oxygens (including phenoxy) is 1. The second kappa shape index (κ2) is 9.32. The lowest BCUT2D eigenvalue weighted by molar-refractivity contribution is -0.116. The van der Waals surface area contributed by atoms with Crippen LogP contribution in [0.15, 0.2) is 59.4 Å². The number of aryl methyl sites for hydroxylation is 2. The number of carbonyl (C=O) groups excluding carboxylic acids is 1. The number of fused-ring (bicyclic) bond motifs is 1. The summed E-state index contributed by atoms with van der Waals surface area (Å²) in [6.07, 6.45) is 1.45. The first-order valence-corrected chi connectivity index (χ1v) is 11.0. The van der Waals surface area contributed by atoms with E-state index in [4.69, 9.17) is 4.74 Å².